The molecule has 1 unspecified atom stereocenters. The minimum absolute atomic E-state index is 0.0936. The van der Waals surface area contributed by atoms with Crippen molar-refractivity contribution in [1.82, 2.24) is 10.2 Å². The van der Waals surface area contributed by atoms with Gasteiger partial charge in [0, 0.05) is 37.3 Å². The number of para-hydroxylation sites is 1. The van der Waals surface area contributed by atoms with Crippen LogP contribution in [0.4, 0.5) is 5.69 Å². The third kappa shape index (κ3) is 2.77. The molecule has 1 atom stereocenters. The average molecular weight is 285 g/mol. The summed E-state index contributed by atoms with van der Waals surface area (Å²) in [5.74, 6) is 0.163. The molecular weight excluding hydrogens is 262 g/mol. The molecule has 1 aromatic rings. The highest BCUT2D eigenvalue weighted by atomic mass is 16.2. The van der Waals surface area contributed by atoms with Crippen molar-refractivity contribution in [3.8, 4) is 0 Å². The third-order valence-electron chi connectivity index (χ3n) is 5.03. The molecule has 1 aromatic carbocycles. The highest BCUT2D eigenvalue weighted by molar-refractivity contribution is 5.87. The molecule has 1 saturated carbocycles. The summed E-state index contributed by atoms with van der Waals surface area (Å²) in [6.45, 7) is 2.29. The Labute approximate surface area is 125 Å². The van der Waals surface area contributed by atoms with Gasteiger partial charge in [0.15, 0.2) is 0 Å². The zero-order chi connectivity index (χ0) is 14.2. The van der Waals surface area contributed by atoms with Crippen LogP contribution in [0.15, 0.2) is 24.3 Å². The van der Waals surface area contributed by atoms with Crippen molar-refractivity contribution in [1.29, 1.82) is 0 Å². The van der Waals surface area contributed by atoms with E-state index in [1.165, 1.54) is 18.4 Å². The fourth-order valence-electron chi connectivity index (χ4n) is 3.61. The number of amides is 1. The van der Waals surface area contributed by atoms with Crippen LogP contribution < -0.4 is 10.6 Å². The predicted octanol–water partition coefficient (Wildman–Crippen LogP) is 1.77. The fourth-order valence-corrected chi connectivity index (χ4v) is 3.61. The summed E-state index contributed by atoms with van der Waals surface area (Å²) in [5, 5.41) is 6.59. The van der Waals surface area contributed by atoms with Gasteiger partial charge >= 0.3 is 0 Å². The average Bonchev–Trinajstić information content (AvgIpc) is 3.26. The number of hydrogen-bond donors (Lipinski definition) is 2. The van der Waals surface area contributed by atoms with Gasteiger partial charge in [-0.1, -0.05) is 18.2 Å². The van der Waals surface area contributed by atoms with Gasteiger partial charge in [0.05, 0.1) is 0 Å². The predicted molar refractivity (Wildman–Crippen MR) is 83.3 cm³/mol. The van der Waals surface area contributed by atoms with Gasteiger partial charge in [-0.25, -0.2) is 0 Å². The minimum Gasteiger partial charge on any atom is -0.373 e. The molecule has 3 aliphatic rings. The lowest BCUT2D eigenvalue weighted by molar-refractivity contribution is -0.122. The van der Waals surface area contributed by atoms with E-state index in [1.807, 2.05) is 12.1 Å². The Balaban J connectivity index is 1.29. The number of anilines is 1. The summed E-state index contributed by atoms with van der Waals surface area (Å²) >= 11 is 0. The molecule has 4 heteroatoms. The Morgan fingerprint density at radius 1 is 1.14 bits per heavy atom. The van der Waals surface area contributed by atoms with Crippen LogP contribution >= 0.6 is 0 Å². The maximum absolute atomic E-state index is 12.4. The highest BCUT2D eigenvalue weighted by Gasteiger charge is 2.33. The molecule has 1 saturated heterocycles. The number of piperidine rings is 1. The van der Waals surface area contributed by atoms with Crippen LogP contribution in [0.5, 0.6) is 0 Å². The largest absolute Gasteiger partial charge is 0.373 e. The third-order valence-corrected chi connectivity index (χ3v) is 5.03. The Morgan fingerprint density at radius 2 is 1.90 bits per heavy atom. The van der Waals surface area contributed by atoms with Crippen molar-refractivity contribution in [2.24, 2.45) is 0 Å². The molecular formula is C17H23N3O. The summed E-state index contributed by atoms with van der Waals surface area (Å²) in [6, 6.07) is 9.32. The molecule has 1 amide bonds. The molecule has 4 rings (SSSR count). The normalized spacial score (nSPS) is 26.2. The first-order valence-corrected chi connectivity index (χ1v) is 8.18. The quantitative estimate of drug-likeness (QED) is 0.889. The van der Waals surface area contributed by atoms with Gasteiger partial charge in [0.2, 0.25) is 5.91 Å². The van der Waals surface area contributed by atoms with Gasteiger partial charge in [-0.05, 0) is 37.3 Å². The van der Waals surface area contributed by atoms with E-state index < -0.39 is 0 Å². The topological polar surface area (TPSA) is 44.4 Å². The van der Waals surface area contributed by atoms with Crippen LogP contribution in [0.1, 0.15) is 31.2 Å². The fraction of sp³-hybridized carbons (Fsp3) is 0.588. The molecule has 0 aromatic heterocycles. The van der Waals surface area contributed by atoms with E-state index in [2.05, 4.69) is 27.7 Å². The summed E-state index contributed by atoms with van der Waals surface area (Å²) in [6.07, 6.45) is 5.76. The molecule has 1 aliphatic carbocycles. The van der Waals surface area contributed by atoms with E-state index in [0.717, 1.165) is 44.1 Å². The molecule has 2 aliphatic heterocycles. The molecule has 2 heterocycles. The number of nitrogens with zero attached hydrogens (tertiary/aromatic N) is 1. The standard InChI is InChI=1S/C17H23N3O/c21-17(16-11-12-3-1-2-4-15(12)19-16)18-13-7-9-20(10-8-13)14-5-6-14/h1-4,13-14,16,19H,5-11H2,(H,18,21). The molecule has 2 N–H and O–H groups in total. The van der Waals surface area contributed by atoms with Gasteiger partial charge in [-0.15, -0.1) is 0 Å². The van der Waals surface area contributed by atoms with Gasteiger partial charge in [0.25, 0.3) is 0 Å². The Bertz CT molecular complexity index is 508. The van der Waals surface area contributed by atoms with Crippen molar-refractivity contribution < 1.29 is 4.79 Å². The smallest absolute Gasteiger partial charge is 0.243 e. The molecule has 4 nitrogen and oxygen atoms in total. The summed E-state index contributed by atoms with van der Waals surface area (Å²) in [4.78, 5) is 15.0. The van der Waals surface area contributed by atoms with Crippen molar-refractivity contribution in [2.45, 2.75) is 50.2 Å². The summed E-state index contributed by atoms with van der Waals surface area (Å²) in [7, 11) is 0. The Hall–Kier alpha value is -1.55. The van der Waals surface area contributed by atoms with E-state index >= 15 is 0 Å². The molecule has 0 radical (unpaired) electrons. The van der Waals surface area contributed by atoms with Crippen LogP contribution in [-0.4, -0.2) is 42.0 Å². The molecule has 0 spiro atoms. The Morgan fingerprint density at radius 3 is 2.62 bits per heavy atom. The number of benzene rings is 1. The number of likely N-dealkylation sites (tertiary alicyclic amines) is 1. The number of fused-ring (bicyclic) bond motifs is 1. The number of carbonyl (C=O) groups excluding carboxylic acids is 1. The van der Waals surface area contributed by atoms with Crippen LogP contribution in [-0.2, 0) is 11.2 Å². The second-order valence-electron chi connectivity index (χ2n) is 6.61. The van der Waals surface area contributed by atoms with E-state index in [-0.39, 0.29) is 11.9 Å². The first-order chi connectivity index (χ1) is 10.3. The highest BCUT2D eigenvalue weighted by Crippen LogP contribution is 2.29. The van der Waals surface area contributed by atoms with Gasteiger partial charge in [0.1, 0.15) is 6.04 Å². The van der Waals surface area contributed by atoms with Crippen molar-refractivity contribution >= 4 is 11.6 Å². The lowest BCUT2D eigenvalue weighted by Crippen LogP contribution is -2.49. The first-order valence-electron chi connectivity index (χ1n) is 8.18. The maximum atomic E-state index is 12.4. The lowest BCUT2D eigenvalue weighted by atomic mass is 10.0. The number of nitrogens with one attached hydrogen (secondary N) is 2. The van der Waals surface area contributed by atoms with Crippen molar-refractivity contribution in [3.63, 3.8) is 0 Å². The van der Waals surface area contributed by atoms with Gasteiger partial charge in [-0.3, -0.25) is 4.79 Å². The summed E-state index contributed by atoms with van der Waals surface area (Å²) < 4.78 is 0. The number of hydrogen-bond acceptors (Lipinski definition) is 3. The van der Waals surface area contributed by atoms with Crippen LogP contribution in [0.25, 0.3) is 0 Å². The second-order valence-corrected chi connectivity index (χ2v) is 6.61. The Kier molecular flexibility index (Phi) is 3.34. The van der Waals surface area contributed by atoms with E-state index in [0.29, 0.717) is 6.04 Å². The van der Waals surface area contributed by atoms with Gasteiger partial charge < -0.3 is 15.5 Å². The van der Waals surface area contributed by atoms with Crippen LogP contribution in [0, 0.1) is 0 Å². The lowest BCUT2D eigenvalue weighted by Gasteiger charge is -2.32. The van der Waals surface area contributed by atoms with E-state index in [9.17, 15) is 4.79 Å². The zero-order valence-corrected chi connectivity index (χ0v) is 12.3. The van der Waals surface area contributed by atoms with Gasteiger partial charge in [-0.2, -0.15) is 0 Å². The van der Waals surface area contributed by atoms with Crippen LogP contribution in [0.3, 0.4) is 0 Å². The molecule has 2 fully saturated rings. The number of carbonyl (C=O) groups is 1. The number of rotatable bonds is 3. The molecule has 0 bridgehead atoms. The first kappa shape index (κ1) is 13.1. The molecule has 112 valence electrons. The molecule has 21 heavy (non-hydrogen) atoms. The van der Waals surface area contributed by atoms with Crippen molar-refractivity contribution in [2.75, 3.05) is 18.4 Å². The van der Waals surface area contributed by atoms with E-state index in [4.69, 9.17) is 0 Å². The summed E-state index contributed by atoms with van der Waals surface area (Å²) in [5.41, 5.74) is 2.36. The SMILES string of the molecule is O=C(NC1CCN(C2CC2)CC1)C1Cc2ccccc2N1. The van der Waals surface area contributed by atoms with Crippen molar-refractivity contribution in [3.05, 3.63) is 29.8 Å². The van der Waals surface area contributed by atoms with E-state index in [1.54, 1.807) is 0 Å². The minimum atomic E-state index is -0.0936. The maximum Gasteiger partial charge on any atom is 0.243 e. The second kappa shape index (κ2) is 5.34. The van der Waals surface area contributed by atoms with Crippen LogP contribution in [0.2, 0.25) is 0 Å². The monoisotopic (exact) mass is 285 g/mol. The zero-order valence-electron chi connectivity index (χ0n) is 12.3.